The molecule has 0 aliphatic rings. The summed E-state index contributed by atoms with van der Waals surface area (Å²) in [5.41, 5.74) is 3.08. The molecule has 106 valence electrons. The molecule has 1 N–H and O–H groups in total. The SMILES string of the molecule is CNc1ccc(-n2cccn2)cc1OCc1ccccc1. The maximum absolute atomic E-state index is 5.95. The summed E-state index contributed by atoms with van der Waals surface area (Å²) in [6.45, 7) is 0.540. The van der Waals surface area contributed by atoms with Gasteiger partial charge in [-0.05, 0) is 23.8 Å². The molecule has 21 heavy (non-hydrogen) atoms. The van der Waals surface area contributed by atoms with Crippen molar-refractivity contribution >= 4 is 5.69 Å². The van der Waals surface area contributed by atoms with E-state index in [0.29, 0.717) is 6.61 Å². The Hall–Kier alpha value is -2.75. The van der Waals surface area contributed by atoms with Crippen molar-refractivity contribution in [1.82, 2.24) is 9.78 Å². The third-order valence-corrected chi connectivity index (χ3v) is 3.24. The van der Waals surface area contributed by atoms with Crippen molar-refractivity contribution in [2.45, 2.75) is 6.61 Å². The van der Waals surface area contributed by atoms with Gasteiger partial charge in [0.1, 0.15) is 12.4 Å². The van der Waals surface area contributed by atoms with Gasteiger partial charge in [-0.2, -0.15) is 5.10 Å². The third-order valence-electron chi connectivity index (χ3n) is 3.24. The minimum absolute atomic E-state index is 0.540. The second-order valence-electron chi connectivity index (χ2n) is 4.66. The molecular weight excluding hydrogens is 262 g/mol. The quantitative estimate of drug-likeness (QED) is 0.777. The Morgan fingerprint density at radius 2 is 1.95 bits per heavy atom. The summed E-state index contributed by atoms with van der Waals surface area (Å²) >= 11 is 0. The van der Waals surface area contributed by atoms with Crippen molar-refractivity contribution in [3.05, 3.63) is 72.6 Å². The van der Waals surface area contributed by atoms with Crippen molar-refractivity contribution in [2.75, 3.05) is 12.4 Å². The van der Waals surface area contributed by atoms with Crippen molar-refractivity contribution in [3.8, 4) is 11.4 Å². The number of benzene rings is 2. The standard InChI is InChI=1S/C17H17N3O/c1-18-16-9-8-15(20-11-5-10-19-20)12-17(16)21-13-14-6-3-2-4-7-14/h2-12,18H,13H2,1H3. The largest absolute Gasteiger partial charge is 0.487 e. The van der Waals surface area contributed by atoms with Crippen molar-refractivity contribution in [1.29, 1.82) is 0 Å². The normalized spacial score (nSPS) is 10.3. The van der Waals surface area contributed by atoms with Crippen molar-refractivity contribution < 1.29 is 4.74 Å². The molecule has 0 spiro atoms. The highest BCUT2D eigenvalue weighted by atomic mass is 16.5. The number of ether oxygens (including phenoxy) is 1. The molecule has 1 aromatic heterocycles. The van der Waals surface area contributed by atoms with E-state index in [9.17, 15) is 0 Å². The molecule has 4 nitrogen and oxygen atoms in total. The molecule has 0 unspecified atom stereocenters. The summed E-state index contributed by atoms with van der Waals surface area (Å²) in [7, 11) is 1.89. The molecule has 0 amide bonds. The van der Waals surface area contributed by atoms with Gasteiger partial charge in [-0.25, -0.2) is 4.68 Å². The molecule has 3 aromatic rings. The lowest BCUT2D eigenvalue weighted by atomic mass is 10.2. The molecule has 0 aliphatic carbocycles. The first-order chi connectivity index (χ1) is 10.4. The monoisotopic (exact) mass is 279 g/mol. The van der Waals surface area contributed by atoms with E-state index in [0.717, 1.165) is 22.7 Å². The molecule has 1 heterocycles. The Morgan fingerprint density at radius 1 is 1.10 bits per heavy atom. The topological polar surface area (TPSA) is 39.1 Å². The van der Waals surface area contributed by atoms with Gasteiger partial charge >= 0.3 is 0 Å². The molecule has 3 rings (SSSR count). The van der Waals surface area contributed by atoms with E-state index >= 15 is 0 Å². The van der Waals surface area contributed by atoms with E-state index in [2.05, 4.69) is 22.5 Å². The van der Waals surface area contributed by atoms with Gasteiger partial charge in [0.05, 0.1) is 11.4 Å². The van der Waals surface area contributed by atoms with E-state index in [1.165, 1.54) is 0 Å². The third kappa shape index (κ3) is 3.05. The Kier molecular flexibility index (Phi) is 3.87. The van der Waals surface area contributed by atoms with Gasteiger partial charge in [0.15, 0.2) is 0 Å². The molecule has 0 atom stereocenters. The van der Waals surface area contributed by atoms with Crippen LogP contribution in [0.5, 0.6) is 5.75 Å². The van der Waals surface area contributed by atoms with Gasteiger partial charge in [-0.1, -0.05) is 30.3 Å². The summed E-state index contributed by atoms with van der Waals surface area (Å²) in [6.07, 6.45) is 3.67. The Balaban J connectivity index is 1.84. The number of hydrogen-bond acceptors (Lipinski definition) is 3. The molecule has 0 saturated heterocycles. The fourth-order valence-corrected chi connectivity index (χ4v) is 2.14. The van der Waals surface area contributed by atoms with E-state index in [4.69, 9.17) is 4.74 Å². The molecule has 0 radical (unpaired) electrons. The Bertz CT molecular complexity index is 693. The Morgan fingerprint density at radius 3 is 2.67 bits per heavy atom. The lowest BCUT2D eigenvalue weighted by Gasteiger charge is -2.13. The second kappa shape index (κ2) is 6.13. The minimum atomic E-state index is 0.540. The summed E-state index contributed by atoms with van der Waals surface area (Å²) in [5, 5.41) is 7.39. The average molecular weight is 279 g/mol. The van der Waals surface area contributed by atoms with Crippen LogP contribution in [-0.2, 0) is 6.61 Å². The van der Waals surface area contributed by atoms with Crippen LogP contribution in [0, 0.1) is 0 Å². The number of aromatic nitrogens is 2. The average Bonchev–Trinajstić information content (AvgIpc) is 3.08. The molecule has 0 fully saturated rings. The van der Waals surface area contributed by atoms with Crippen LogP contribution in [0.4, 0.5) is 5.69 Å². The van der Waals surface area contributed by atoms with Crippen LogP contribution in [0.1, 0.15) is 5.56 Å². The maximum atomic E-state index is 5.95. The lowest BCUT2D eigenvalue weighted by Crippen LogP contribution is -2.01. The summed E-state index contributed by atoms with van der Waals surface area (Å²) < 4.78 is 7.76. The first-order valence-electron chi connectivity index (χ1n) is 6.85. The van der Waals surface area contributed by atoms with Gasteiger partial charge in [0.2, 0.25) is 0 Å². The second-order valence-corrected chi connectivity index (χ2v) is 4.66. The van der Waals surface area contributed by atoms with Gasteiger partial charge in [-0.3, -0.25) is 0 Å². The summed E-state index contributed by atoms with van der Waals surface area (Å²) in [5.74, 6) is 0.814. The smallest absolute Gasteiger partial charge is 0.145 e. The zero-order valence-corrected chi connectivity index (χ0v) is 11.9. The minimum Gasteiger partial charge on any atom is -0.487 e. The van der Waals surface area contributed by atoms with E-state index in [-0.39, 0.29) is 0 Å². The highest BCUT2D eigenvalue weighted by Gasteiger charge is 2.06. The maximum Gasteiger partial charge on any atom is 0.145 e. The Labute approximate surface area is 124 Å². The number of anilines is 1. The highest BCUT2D eigenvalue weighted by Crippen LogP contribution is 2.27. The predicted octanol–water partition coefficient (Wildman–Crippen LogP) is 3.49. The zero-order chi connectivity index (χ0) is 14.5. The molecular formula is C17H17N3O. The van der Waals surface area contributed by atoms with Gasteiger partial charge < -0.3 is 10.1 Å². The number of nitrogens with zero attached hydrogens (tertiary/aromatic N) is 2. The first-order valence-corrected chi connectivity index (χ1v) is 6.85. The number of rotatable bonds is 5. The van der Waals surface area contributed by atoms with Crippen LogP contribution in [0.15, 0.2) is 67.0 Å². The zero-order valence-electron chi connectivity index (χ0n) is 11.9. The lowest BCUT2D eigenvalue weighted by molar-refractivity contribution is 0.307. The van der Waals surface area contributed by atoms with Crippen LogP contribution < -0.4 is 10.1 Å². The van der Waals surface area contributed by atoms with Crippen LogP contribution >= 0.6 is 0 Å². The molecule has 0 bridgehead atoms. The van der Waals surface area contributed by atoms with Gasteiger partial charge in [0, 0.05) is 25.5 Å². The molecule has 0 saturated carbocycles. The summed E-state index contributed by atoms with van der Waals surface area (Å²) in [6, 6.07) is 18.0. The van der Waals surface area contributed by atoms with E-state index in [1.807, 2.05) is 60.4 Å². The molecule has 4 heteroatoms. The van der Waals surface area contributed by atoms with Gasteiger partial charge in [0.25, 0.3) is 0 Å². The fraction of sp³-hybridized carbons (Fsp3) is 0.118. The number of nitrogens with one attached hydrogen (secondary N) is 1. The summed E-state index contributed by atoms with van der Waals surface area (Å²) in [4.78, 5) is 0. The predicted molar refractivity (Wildman–Crippen MR) is 83.9 cm³/mol. The van der Waals surface area contributed by atoms with E-state index < -0.39 is 0 Å². The van der Waals surface area contributed by atoms with E-state index in [1.54, 1.807) is 6.20 Å². The van der Waals surface area contributed by atoms with Gasteiger partial charge in [-0.15, -0.1) is 0 Å². The number of hydrogen-bond donors (Lipinski definition) is 1. The van der Waals surface area contributed by atoms with Crippen molar-refractivity contribution in [3.63, 3.8) is 0 Å². The van der Waals surface area contributed by atoms with Crippen LogP contribution in [0.3, 0.4) is 0 Å². The highest BCUT2D eigenvalue weighted by molar-refractivity contribution is 5.60. The fourth-order valence-electron chi connectivity index (χ4n) is 2.14. The first kappa shape index (κ1) is 13.2. The van der Waals surface area contributed by atoms with Crippen LogP contribution in [0.2, 0.25) is 0 Å². The molecule has 2 aromatic carbocycles. The molecule has 0 aliphatic heterocycles. The van der Waals surface area contributed by atoms with Crippen LogP contribution in [0.25, 0.3) is 5.69 Å². The van der Waals surface area contributed by atoms with Crippen molar-refractivity contribution in [2.24, 2.45) is 0 Å². The van der Waals surface area contributed by atoms with Crippen LogP contribution in [-0.4, -0.2) is 16.8 Å².